The molecule has 1 aliphatic rings. The highest BCUT2D eigenvalue weighted by atomic mass is 32.2. The van der Waals surface area contributed by atoms with Crippen molar-refractivity contribution >= 4 is 15.5 Å². The number of nitrogens with zero attached hydrogens (tertiary/aromatic N) is 3. The van der Waals surface area contributed by atoms with E-state index in [1.54, 1.807) is 18.3 Å². The predicted molar refractivity (Wildman–Crippen MR) is 68.0 cm³/mol. The molecule has 2 aromatic heterocycles. The summed E-state index contributed by atoms with van der Waals surface area (Å²) in [5.41, 5.74) is 6.63. The Morgan fingerprint density at radius 2 is 2.26 bits per heavy atom. The molecule has 2 aromatic rings. The molecule has 0 amide bonds. The van der Waals surface area contributed by atoms with Gasteiger partial charge in [0.05, 0.1) is 17.2 Å². The van der Waals surface area contributed by atoms with Crippen LogP contribution >= 0.6 is 0 Å². The lowest BCUT2D eigenvalue weighted by molar-refractivity contribution is 0.417. The van der Waals surface area contributed by atoms with Crippen LogP contribution in [0.5, 0.6) is 0 Å². The third-order valence-corrected chi connectivity index (χ3v) is 4.85. The van der Waals surface area contributed by atoms with Gasteiger partial charge in [0, 0.05) is 12.1 Å². The van der Waals surface area contributed by atoms with E-state index < -0.39 is 9.84 Å². The Labute approximate surface area is 109 Å². The van der Waals surface area contributed by atoms with Crippen LogP contribution in [-0.2, 0) is 9.84 Å². The maximum absolute atomic E-state index is 11.4. The maximum atomic E-state index is 11.4. The first kappa shape index (κ1) is 12.1. The maximum Gasteiger partial charge on any atom is 0.278 e. The molecule has 1 atom stereocenters. The minimum atomic E-state index is -2.97. The Morgan fingerprint density at radius 1 is 1.42 bits per heavy atom. The number of rotatable bonds is 2. The minimum absolute atomic E-state index is 0.0731. The van der Waals surface area contributed by atoms with Crippen molar-refractivity contribution in [1.82, 2.24) is 15.1 Å². The van der Waals surface area contributed by atoms with Gasteiger partial charge in [-0.05, 0) is 18.6 Å². The summed E-state index contributed by atoms with van der Waals surface area (Å²) in [7, 11) is -2.97. The second-order valence-corrected chi connectivity index (χ2v) is 6.73. The summed E-state index contributed by atoms with van der Waals surface area (Å²) >= 11 is 0. The van der Waals surface area contributed by atoms with E-state index in [9.17, 15) is 8.42 Å². The van der Waals surface area contributed by atoms with Gasteiger partial charge in [0.2, 0.25) is 0 Å². The van der Waals surface area contributed by atoms with Crippen LogP contribution in [0.25, 0.3) is 11.6 Å². The molecule has 0 bridgehead atoms. The number of hydrogen-bond donors (Lipinski definition) is 1. The number of sulfone groups is 1. The van der Waals surface area contributed by atoms with Gasteiger partial charge in [0.1, 0.15) is 0 Å². The first-order chi connectivity index (χ1) is 9.05. The molecule has 0 radical (unpaired) electrons. The van der Waals surface area contributed by atoms with Crippen LogP contribution in [0.3, 0.4) is 0 Å². The predicted octanol–water partition coefficient (Wildman–Crippen LogP) is 0.616. The Balaban J connectivity index is 1.91. The topological polar surface area (TPSA) is 112 Å². The van der Waals surface area contributed by atoms with Gasteiger partial charge in [-0.15, -0.1) is 0 Å². The van der Waals surface area contributed by atoms with E-state index in [0.717, 1.165) is 0 Å². The smallest absolute Gasteiger partial charge is 0.278 e. The van der Waals surface area contributed by atoms with Crippen LogP contribution in [-0.4, -0.2) is 35.0 Å². The lowest BCUT2D eigenvalue weighted by Gasteiger charge is -1.99. The number of hydrogen-bond acceptors (Lipinski definition) is 7. The second-order valence-electron chi connectivity index (χ2n) is 4.50. The summed E-state index contributed by atoms with van der Waals surface area (Å²) in [6.07, 6.45) is 2.11. The van der Waals surface area contributed by atoms with Crippen LogP contribution in [0.2, 0.25) is 0 Å². The first-order valence-corrected chi connectivity index (χ1v) is 7.62. The third kappa shape index (κ3) is 2.30. The fraction of sp³-hybridized carbons (Fsp3) is 0.364. The molecule has 1 unspecified atom stereocenters. The molecule has 0 aliphatic carbocycles. The van der Waals surface area contributed by atoms with Gasteiger partial charge in [0.25, 0.3) is 5.89 Å². The van der Waals surface area contributed by atoms with Crippen molar-refractivity contribution in [2.24, 2.45) is 0 Å². The zero-order chi connectivity index (χ0) is 13.5. The zero-order valence-corrected chi connectivity index (χ0v) is 10.8. The fourth-order valence-electron chi connectivity index (χ4n) is 2.09. The standard InChI is InChI=1S/C11H12N4O3S/c12-8-2-1-4-13-9(8)11-14-10(15-18-11)7-3-5-19(16,17)6-7/h1-2,4,7H,3,5-6,12H2. The highest BCUT2D eigenvalue weighted by Crippen LogP contribution is 2.29. The monoisotopic (exact) mass is 280 g/mol. The van der Waals surface area contributed by atoms with Gasteiger partial charge in [0.15, 0.2) is 21.4 Å². The molecule has 19 heavy (non-hydrogen) atoms. The molecule has 0 spiro atoms. The number of aromatic nitrogens is 3. The largest absolute Gasteiger partial charge is 0.397 e. The van der Waals surface area contributed by atoms with Crippen molar-refractivity contribution in [3.8, 4) is 11.6 Å². The lowest BCUT2D eigenvalue weighted by atomic mass is 10.1. The van der Waals surface area contributed by atoms with E-state index in [0.29, 0.717) is 23.6 Å². The van der Waals surface area contributed by atoms with Gasteiger partial charge >= 0.3 is 0 Å². The van der Waals surface area contributed by atoms with Gasteiger partial charge in [-0.25, -0.2) is 13.4 Å². The summed E-state index contributed by atoms with van der Waals surface area (Å²) in [4.78, 5) is 8.28. The van der Waals surface area contributed by atoms with Crippen molar-refractivity contribution in [2.75, 3.05) is 17.2 Å². The minimum Gasteiger partial charge on any atom is -0.397 e. The number of nitrogen functional groups attached to an aromatic ring is 1. The average molecular weight is 280 g/mol. The second kappa shape index (κ2) is 4.30. The van der Waals surface area contributed by atoms with Crippen molar-refractivity contribution in [3.05, 3.63) is 24.2 Å². The van der Waals surface area contributed by atoms with Crippen LogP contribution in [0.4, 0.5) is 5.69 Å². The number of anilines is 1. The van der Waals surface area contributed by atoms with Crippen molar-refractivity contribution in [1.29, 1.82) is 0 Å². The van der Waals surface area contributed by atoms with Crippen LogP contribution in [0.15, 0.2) is 22.9 Å². The molecule has 1 saturated heterocycles. The molecular formula is C11H12N4O3S. The summed E-state index contributed by atoms with van der Waals surface area (Å²) in [6.45, 7) is 0. The molecule has 3 rings (SSSR count). The lowest BCUT2D eigenvalue weighted by Crippen LogP contribution is -2.05. The van der Waals surface area contributed by atoms with Crippen LogP contribution in [0, 0.1) is 0 Å². The third-order valence-electron chi connectivity index (χ3n) is 3.08. The van der Waals surface area contributed by atoms with Crippen LogP contribution in [0.1, 0.15) is 18.2 Å². The summed E-state index contributed by atoms with van der Waals surface area (Å²) in [6, 6.07) is 3.39. The van der Waals surface area contributed by atoms with E-state index in [1.165, 1.54) is 0 Å². The van der Waals surface area contributed by atoms with E-state index in [1.807, 2.05) is 0 Å². The van der Waals surface area contributed by atoms with Crippen molar-refractivity contribution < 1.29 is 12.9 Å². The average Bonchev–Trinajstić information content (AvgIpc) is 2.96. The quantitative estimate of drug-likeness (QED) is 0.857. The van der Waals surface area contributed by atoms with Gasteiger partial charge < -0.3 is 10.3 Å². The highest BCUT2D eigenvalue weighted by Gasteiger charge is 2.32. The molecule has 100 valence electrons. The van der Waals surface area contributed by atoms with Crippen LogP contribution < -0.4 is 5.73 Å². The van der Waals surface area contributed by atoms with Gasteiger partial charge in [-0.2, -0.15) is 4.98 Å². The van der Waals surface area contributed by atoms with Gasteiger partial charge in [-0.1, -0.05) is 5.16 Å². The molecule has 0 aromatic carbocycles. The van der Waals surface area contributed by atoms with E-state index in [-0.39, 0.29) is 23.3 Å². The van der Waals surface area contributed by atoms with Crippen molar-refractivity contribution in [3.63, 3.8) is 0 Å². The van der Waals surface area contributed by atoms with E-state index >= 15 is 0 Å². The highest BCUT2D eigenvalue weighted by molar-refractivity contribution is 7.91. The molecule has 3 heterocycles. The Bertz CT molecular complexity index is 710. The summed E-state index contributed by atoms with van der Waals surface area (Å²) < 4.78 is 28.0. The molecule has 7 nitrogen and oxygen atoms in total. The normalized spacial score (nSPS) is 21.6. The molecule has 1 fully saturated rings. The molecule has 0 saturated carbocycles. The van der Waals surface area contributed by atoms with E-state index in [4.69, 9.17) is 10.3 Å². The van der Waals surface area contributed by atoms with Crippen molar-refractivity contribution in [2.45, 2.75) is 12.3 Å². The molecule has 8 heteroatoms. The number of pyridine rings is 1. The molecule has 2 N–H and O–H groups in total. The molecule has 1 aliphatic heterocycles. The van der Waals surface area contributed by atoms with Gasteiger partial charge in [-0.3, -0.25) is 0 Å². The Hall–Kier alpha value is -1.96. The summed E-state index contributed by atoms with van der Waals surface area (Å²) in [5.74, 6) is 0.669. The zero-order valence-electron chi connectivity index (χ0n) is 9.98. The molecular weight excluding hydrogens is 268 g/mol. The SMILES string of the molecule is Nc1cccnc1-c1nc(C2CCS(=O)(=O)C2)no1. The van der Waals surface area contributed by atoms with E-state index in [2.05, 4.69) is 15.1 Å². The Morgan fingerprint density at radius 3 is 2.95 bits per heavy atom. The fourth-order valence-corrected chi connectivity index (χ4v) is 3.83. The summed E-state index contributed by atoms with van der Waals surface area (Å²) in [5, 5.41) is 3.84. The Kier molecular flexibility index (Phi) is 2.74. The number of nitrogens with two attached hydrogens (primary N) is 1. The first-order valence-electron chi connectivity index (χ1n) is 5.80.